The van der Waals surface area contributed by atoms with Crippen LogP contribution in [0.5, 0.6) is 0 Å². The summed E-state index contributed by atoms with van der Waals surface area (Å²) in [6, 6.07) is 0. The van der Waals surface area contributed by atoms with Crippen LogP contribution in [0.15, 0.2) is 0 Å². The molecule has 0 atom stereocenters. The van der Waals surface area contributed by atoms with Gasteiger partial charge in [-0.05, 0) is 33.6 Å². The first-order valence-electron chi connectivity index (χ1n) is 5.19. The van der Waals surface area contributed by atoms with Crippen molar-refractivity contribution in [3.05, 3.63) is 0 Å². The van der Waals surface area contributed by atoms with Gasteiger partial charge in [0.25, 0.3) is 0 Å². The third-order valence-corrected chi connectivity index (χ3v) is 2.28. The van der Waals surface area contributed by atoms with Crippen molar-refractivity contribution in [2.45, 2.75) is 44.7 Å². The van der Waals surface area contributed by atoms with E-state index < -0.39 is 11.1 Å². The second-order valence-corrected chi connectivity index (χ2v) is 5.07. The lowest BCUT2D eigenvalue weighted by molar-refractivity contribution is 0.00190. The molecule has 1 aliphatic rings. The van der Waals surface area contributed by atoms with Gasteiger partial charge in [0, 0.05) is 18.6 Å². The highest BCUT2D eigenvalue weighted by atomic mass is 16.6. The maximum Gasteiger partial charge on any atom is 0.410 e. The zero-order valence-corrected chi connectivity index (χ0v) is 9.62. The average Bonchev–Trinajstić information content (AvgIpc) is 2.00. The number of carbonyl (C=O) groups is 1. The fourth-order valence-electron chi connectivity index (χ4n) is 1.40. The molecule has 0 aromatic rings. The van der Waals surface area contributed by atoms with E-state index >= 15 is 0 Å². The molecule has 2 radical (unpaired) electrons. The molecule has 1 rings (SSSR count). The molecular weight excluding hydrogens is 193 g/mol. The monoisotopic (exact) mass is 211 g/mol. The van der Waals surface area contributed by atoms with Crippen molar-refractivity contribution in [3.8, 4) is 0 Å². The number of ether oxygens (including phenoxy) is 1. The maximum atomic E-state index is 11.6. The Labute approximate surface area is 92.0 Å². The predicted molar refractivity (Wildman–Crippen MR) is 57.7 cm³/mol. The number of piperidine rings is 1. The standard InChI is InChI=1S/C10H18BNO3/c1-9(2,3)15-8(13)12-6-4-10(11,14)5-7-12/h14H,4-7H2,1-3H3. The first-order chi connectivity index (χ1) is 6.70. The lowest BCUT2D eigenvalue weighted by Crippen LogP contribution is -2.48. The summed E-state index contributed by atoms with van der Waals surface area (Å²) in [4.78, 5) is 13.2. The minimum Gasteiger partial charge on any atom is -0.444 e. The average molecular weight is 211 g/mol. The van der Waals surface area contributed by atoms with Crippen molar-refractivity contribution in [3.63, 3.8) is 0 Å². The first kappa shape index (κ1) is 12.4. The number of carbonyl (C=O) groups excluding carboxylic acids is 1. The van der Waals surface area contributed by atoms with E-state index in [9.17, 15) is 9.90 Å². The molecule has 0 aromatic heterocycles. The summed E-state index contributed by atoms with van der Waals surface area (Å²) in [6.45, 7) is 6.38. The third kappa shape index (κ3) is 4.12. The molecule has 0 aliphatic carbocycles. The molecule has 1 saturated heterocycles. The Morgan fingerprint density at radius 2 is 1.87 bits per heavy atom. The number of amides is 1. The molecular formula is C10H18BNO3. The van der Waals surface area contributed by atoms with E-state index in [1.54, 1.807) is 4.90 Å². The zero-order valence-electron chi connectivity index (χ0n) is 9.62. The summed E-state index contributed by atoms with van der Waals surface area (Å²) in [5, 5.41) is 9.51. The van der Waals surface area contributed by atoms with E-state index in [1.165, 1.54) is 0 Å². The second kappa shape index (κ2) is 4.04. The number of hydrogen-bond acceptors (Lipinski definition) is 3. The van der Waals surface area contributed by atoms with Gasteiger partial charge in [0.05, 0.1) is 0 Å². The van der Waals surface area contributed by atoms with Crippen molar-refractivity contribution < 1.29 is 14.6 Å². The Morgan fingerprint density at radius 1 is 1.40 bits per heavy atom. The highest BCUT2D eigenvalue weighted by Crippen LogP contribution is 2.20. The van der Waals surface area contributed by atoms with Crippen molar-refractivity contribution in [2.75, 3.05) is 13.1 Å². The Balaban J connectivity index is 2.44. The summed E-state index contributed by atoms with van der Waals surface area (Å²) >= 11 is 0. The molecule has 1 amide bonds. The lowest BCUT2D eigenvalue weighted by atomic mass is 9.74. The minimum absolute atomic E-state index is 0.335. The van der Waals surface area contributed by atoms with E-state index in [0.717, 1.165) is 0 Å². The third-order valence-electron chi connectivity index (χ3n) is 2.28. The Hall–Kier alpha value is -0.705. The highest BCUT2D eigenvalue weighted by molar-refractivity contribution is 6.14. The minimum atomic E-state index is -1.13. The topological polar surface area (TPSA) is 49.8 Å². The lowest BCUT2D eigenvalue weighted by Gasteiger charge is -2.36. The molecule has 0 aromatic carbocycles. The molecule has 15 heavy (non-hydrogen) atoms. The van der Waals surface area contributed by atoms with E-state index in [2.05, 4.69) is 0 Å². The van der Waals surface area contributed by atoms with E-state index in [1.807, 2.05) is 20.8 Å². The van der Waals surface area contributed by atoms with Crippen molar-refractivity contribution >= 4 is 13.9 Å². The summed E-state index contributed by atoms with van der Waals surface area (Å²) in [5.74, 6) is 0. The molecule has 84 valence electrons. The van der Waals surface area contributed by atoms with Gasteiger partial charge in [-0.3, -0.25) is 0 Å². The largest absolute Gasteiger partial charge is 0.444 e. The van der Waals surface area contributed by atoms with Crippen LogP contribution in [0, 0.1) is 0 Å². The van der Waals surface area contributed by atoms with E-state index in [-0.39, 0.29) is 6.09 Å². The fourth-order valence-corrected chi connectivity index (χ4v) is 1.40. The zero-order chi connectivity index (χ0) is 11.7. The van der Waals surface area contributed by atoms with Crippen molar-refractivity contribution in [1.29, 1.82) is 0 Å². The van der Waals surface area contributed by atoms with Crippen LogP contribution in [-0.4, -0.2) is 48.1 Å². The van der Waals surface area contributed by atoms with Gasteiger partial charge in [0.1, 0.15) is 13.4 Å². The Kier molecular flexibility index (Phi) is 3.33. The van der Waals surface area contributed by atoms with Gasteiger partial charge in [-0.2, -0.15) is 0 Å². The van der Waals surface area contributed by atoms with Crippen LogP contribution in [0.1, 0.15) is 33.6 Å². The van der Waals surface area contributed by atoms with Gasteiger partial charge in [0.2, 0.25) is 0 Å². The molecule has 0 spiro atoms. The maximum absolute atomic E-state index is 11.6. The number of nitrogens with zero attached hydrogens (tertiary/aromatic N) is 1. The first-order valence-corrected chi connectivity index (χ1v) is 5.19. The quantitative estimate of drug-likeness (QED) is 0.605. The van der Waals surface area contributed by atoms with Gasteiger partial charge in [0.15, 0.2) is 0 Å². The Bertz CT molecular complexity index is 238. The van der Waals surface area contributed by atoms with E-state index in [0.29, 0.717) is 25.9 Å². The van der Waals surface area contributed by atoms with Crippen LogP contribution in [0.25, 0.3) is 0 Å². The number of aliphatic hydroxyl groups is 1. The van der Waals surface area contributed by atoms with Gasteiger partial charge in [-0.25, -0.2) is 4.79 Å². The predicted octanol–water partition coefficient (Wildman–Crippen LogP) is 0.874. The molecule has 4 nitrogen and oxygen atoms in total. The van der Waals surface area contributed by atoms with Crippen LogP contribution < -0.4 is 0 Å². The summed E-state index contributed by atoms with van der Waals surface area (Å²) in [6.07, 6.45) is 0.455. The Morgan fingerprint density at radius 3 is 2.27 bits per heavy atom. The number of hydrogen-bond donors (Lipinski definition) is 1. The van der Waals surface area contributed by atoms with Crippen LogP contribution >= 0.6 is 0 Å². The summed E-state index contributed by atoms with van der Waals surface area (Å²) in [7, 11) is 5.54. The SMILES string of the molecule is [B]C1(O)CCN(C(=O)OC(C)(C)C)CC1. The number of rotatable bonds is 0. The molecule has 0 bridgehead atoms. The molecule has 5 heteroatoms. The fraction of sp³-hybridized carbons (Fsp3) is 0.900. The molecule has 0 saturated carbocycles. The molecule has 0 unspecified atom stereocenters. The smallest absolute Gasteiger partial charge is 0.410 e. The molecule has 1 N–H and O–H groups in total. The number of likely N-dealkylation sites (tertiary alicyclic amines) is 1. The molecule has 1 heterocycles. The van der Waals surface area contributed by atoms with Gasteiger partial charge >= 0.3 is 6.09 Å². The van der Waals surface area contributed by atoms with Crippen molar-refractivity contribution in [1.82, 2.24) is 4.90 Å². The van der Waals surface area contributed by atoms with Crippen molar-refractivity contribution in [2.24, 2.45) is 0 Å². The second-order valence-electron chi connectivity index (χ2n) is 5.07. The molecule has 1 fully saturated rings. The summed E-state index contributed by atoms with van der Waals surface area (Å²) < 4.78 is 5.21. The van der Waals surface area contributed by atoms with Gasteiger partial charge < -0.3 is 14.7 Å². The summed E-state index contributed by atoms with van der Waals surface area (Å²) in [5.41, 5.74) is -1.61. The van der Waals surface area contributed by atoms with Crippen LogP contribution in [0.2, 0.25) is 0 Å². The van der Waals surface area contributed by atoms with Gasteiger partial charge in [-0.1, -0.05) is 0 Å². The van der Waals surface area contributed by atoms with Crippen LogP contribution in [0.3, 0.4) is 0 Å². The molecule has 1 aliphatic heterocycles. The van der Waals surface area contributed by atoms with Gasteiger partial charge in [-0.15, -0.1) is 0 Å². The van der Waals surface area contributed by atoms with Crippen LogP contribution in [-0.2, 0) is 4.74 Å². The highest BCUT2D eigenvalue weighted by Gasteiger charge is 2.31. The van der Waals surface area contributed by atoms with E-state index in [4.69, 9.17) is 12.6 Å². The normalized spacial score (nSPS) is 21.2. The van der Waals surface area contributed by atoms with Crippen LogP contribution in [0.4, 0.5) is 4.79 Å².